The summed E-state index contributed by atoms with van der Waals surface area (Å²) in [6, 6.07) is 13.9. The van der Waals surface area contributed by atoms with Crippen LogP contribution in [0.1, 0.15) is 31.4 Å². The van der Waals surface area contributed by atoms with E-state index in [1.165, 1.54) is 5.56 Å². The number of rotatable bonds is 5. The molecular formula is C23H26N4O3. The van der Waals surface area contributed by atoms with Crippen LogP contribution in [0, 0.1) is 6.92 Å². The highest BCUT2D eigenvalue weighted by molar-refractivity contribution is 5.82. The van der Waals surface area contributed by atoms with Crippen LogP contribution in [0.25, 0.3) is 22.6 Å². The zero-order valence-electron chi connectivity index (χ0n) is 17.7. The highest BCUT2D eigenvalue weighted by Crippen LogP contribution is 2.28. The molecule has 0 atom stereocenters. The molecule has 2 aromatic rings. The Bertz CT molecular complexity index is 1230. The standard InChI is InChI=1S/C21H20N4O3.C2H6/c1-13-11-15-16(12-17(13)28-2)25(10-6-9-14-7-4-3-5-8-14)19-18(22-15)20(26)24-21(27)23-19;1-2/h3-5,7-8,11-12H,6,9-10H2,1-2H3,(H,24,26,27);1-2H3. The number of aromatic amines is 1. The lowest BCUT2D eigenvalue weighted by atomic mass is 10.1. The summed E-state index contributed by atoms with van der Waals surface area (Å²) in [4.78, 5) is 34.8. The average Bonchev–Trinajstić information content (AvgIpc) is 2.75. The number of nitrogens with zero attached hydrogens (tertiary/aromatic N) is 3. The smallest absolute Gasteiger partial charge is 0.349 e. The van der Waals surface area contributed by atoms with Crippen LogP contribution in [0.3, 0.4) is 0 Å². The van der Waals surface area contributed by atoms with E-state index in [4.69, 9.17) is 4.74 Å². The molecule has 2 aliphatic rings. The van der Waals surface area contributed by atoms with Gasteiger partial charge in [-0.25, -0.2) is 9.78 Å². The van der Waals surface area contributed by atoms with Crippen LogP contribution >= 0.6 is 0 Å². The first-order chi connectivity index (χ1) is 14.6. The lowest BCUT2D eigenvalue weighted by Crippen LogP contribution is -2.29. The minimum Gasteiger partial charge on any atom is -0.496 e. The van der Waals surface area contributed by atoms with Crippen LogP contribution < -0.4 is 16.0 Å². The second-order valence-corrected chi connectivity index (χ2v) is 6.71. The van der Waals surface area contributed by atoms with Gasteiger partial charge in [-0.2, -0.15) is 4.98 Å². The van der Waals surface area contributed by atoms with E-state index in [-0.39, 0.29) is 5.69 Å². The second-order valence-electron chi connectivity index (χ2n) is 6.71. The van der Waals surface area contributed by atoms with Gasteiger partial charge in [-0.15, -0.1) is 0 Å². The van der Waals surface area contributed by atoms with Crippen LogP contribution in [-0.4, -0.2) is 26.6 Å². The number of fused-ring (bicyclic) bond motifs is 2. The van der Waals surface area contributed by atoms with E-state index < -0.39 is 11.2 Å². The van der Waals surface area contributed by atoms with E-state index in [1.54, 1.807) is 7.11 Å². The number of hydrogen-bond acceptors (Lipinski definition) is 5. The number of benzene rings is 2. The molecule has 0 aliphatic carbocycles. The van der Waals surface area contributed by atoms with Gasteiger partial charge < -0.3 is 9.30 Å². The van der Waals surface area contributed by atoms with Gasteiger partial charge >= 0.3 is 5.69 Å². The van der Waals surface area contributed by atoms with Gasteiger partial charge in [-0.3, -0.25) is 9.78 Å². The molecule has 30 heavy (non-hydrogen) atoms. The van der Waals surface area contributed by atoms with Gasteiger partial charge in [0.2, 0.25) is 0 Å². The molecule has 0 fully saturated rings. The number of hydrogen-bond donors (Lipinski definition) is 1. The number of H-pyrrole nitrogens is 1. The van der Waals surface area contributed by atoms with Gasteiger partial charge in [-0.1, -0.05) is 44.2 Å². The third-order valence-electron chi connectivity index (χ3n) is 4.82. The van der Waals surface area contributed by atoms with Crippen LogP contribution in [0.5, 0.6) is 5.75 Å². The Balaban J connectivity index is 0.00000124. The van der Waals surface area contributed by atoms with Crippen molar-refractivity contribution >= 4 is 11.0 Å². The van der Waals surface area contributed by atoms with E-state index in [9.17, 15) is 9.59 Å². The third kappa shape index (κ3) is 4.25. The minimum atomic E-state index is -0.672. The Kier molecular flexibility index (Phi) is 6.61. The Morgan fingerprint density at radius 2 is 1.80 bits per heavy atom. The Morgan fingerprint density at radius 1 is 1.07 bits per heavy atom. The van der Waals surface area contributed by atoms with E-state index in [0.29, 0.717) is 17.9 Å². The monoisotopic (exact) mass is 406 g/mol. The maximum atomic E-state index is 12.3. The molecule has 2 aromatic carbocycles. The van der Waals surface area contributed by atoms with Gasteiger partial charge in [0, 0.05) is 12.6 Å². The molecule has 0 spiro atoms. The predicted octanol–water partition coefficient (Wildman–Crippen LogP) is 3.56. The first kappa shape index (κ1) is 21.2. The summed E-state index contributed by atoms with van der Waals surface area (Å²) in [5.74, 6) is 1.01. The highest BCUT2D eigenvalue weighted by atomic mass is 16.5. The molecule has 0 amide bonds. The van der Waals surface area contributed by atoms with Crippen molar-refractivity contribution in [1.82, 2.24) is 19.5 Å². The molecule has 0 unspecified atom stereocenters. The molecule has 2 aliphatic heterocycles. The van der Waals surface area contributed by atoms with Crippen LogP contribution in [0.2, 0.25) is 0 Å². The normalized spacial score (nSPS) is 10.7. The lowest BCUT2D eigenvalue weighted by Gasteiger charge is -2.18. The van der Waals surface area contributed by atoms with Gasteiger partial charge in [0.1, 0.15) is 5.75 Å². The number of aryl methyl sites for hydroxylation is 3. The number of nitrogens with one attached hydrogen (secondary N) is 1. The quantitative estimate of drug-likeness (QED) is 0.512. The number of aromatic nitrogens is 4. The van der Waals surface area contributed by atoms with Crippen molar-refractivity contribution in [2.24, 2.45) is 0 Å². The molecular weight excluding hydrogens is 380 g/mol. The summed E-state index contributed by atoms with van der Waals surface area (Å²) in [6.07, 6.45) is 1.69. The second kappa shape index (κ2) is 9.35. The molecule has 0 aromatic heterocycles. The van der Waals surface area contributed by atoms with Gasteiger partial charge in [-0.05, 0) is 37.0 Å². The fraction of sp³-hybridized carbons (Fsp3) is 0.304. The van der Waals surface area contributed by atoms with Crippen molar-refractivity contribution in [3.8, 4) is 17.3 Å². The molecule has 156 valence electrons. The summed E-state index contributed by atoms with van der Waals surface area (Å²) < 4.78 is 7.34. The minimum absolute atomic E-state index is 0.163. The van der Waals surface area contributed by atoms with Crippen molar-refractivity contribution in [3.05, 3.63) is 74.4 Å². The zero-order valence-corrected chi connectivity index (χ0v) is 17.7. The van der Waals surface area contributed by atoms with Crippen LogP contribution in [0.15, 0.2) is 52.1 Å². The lowest BCUT2D eigenvalue weighted by molar-refractivity contribution is 0.412. The largest absolute Gasteiger partial charge is 0.496 e. The number of ether oxygens (including phenoxy) is 1. The van der Waals surface area contributed by atoms with E-state index in [2.05, 4.69) is 27.1 Å². The Morgan fingerprint density at radius 3 is 2.50 bits per heavy atom. The van der Waals surface area contributed by atoms with Crippen LogP contribution in [0.4, 0.5) is 0 Å². The fourth-order valence-corrected chi connectivity index (χ4v) is 3.46. The molecule has 7 nitrogen and oxygen atoms in total. The predicted molar refractivity (Wildman–Crippen MR) is 118 cm³/mol. The number of methoxy groups -OCH3 is 1. The molecule has 2 heterocycles. The van der Waals surface area contributed by atoms with Crippen LogP contribution in [-0.2, 0) is 13.0 Å². The average molecular weight is 406 g/mol. The molecule has 7 heteroatoms. The summed E-state index contributed by atoms with van der Waals surface area (Å²) in [5.41, 5.74) is 2.56. The topological polar surface area (TPSA) is 89.9 Å². The van der Waals surface area contributed by atoms with E-state index >= 15 is 0 Å². The van der Waals surface area contributed by atoms with Gasteiger partial charge in [0.15, 0.2) is 11.5 Å². The first-order valence-corrected chi connectivity index (χ1v) is 10.1. The maximum absolute atomic E-state index is 12.3. The molecule has 0 bridgehead atoms. The van der Waals surface area contributed by atoms with Crippen molar-refractivity contribution < 1.29 is 4.74 Å². The van der Waals surface area contributed by atoms with Crippen molar-refractivity contribution in [2.45, 2.75) is 40.2 Å². The van der Waals surface area contributed by atoms with Crippen molar-refractivity contribution in [2.75, 3.05) is 7.11 Å². The summed E-state index contributed by atoms with van der Waals surface area (Å²) in [5, 5.41) is 0. The van der Waals surface area contributed by atoms with E-state index in [0.717, 1.165) is 29.7 Å². The third-order valence-corrected chi connectivity index (χ3v) is 4.82. The molecule has 4 rings (SSSR count). The Labute approximate surface area is 174 Å². The van der Waals surface area contributed by atoms with Gasteiger partial charge in [0.05, 0.1) is 18.1 Å². The zero-order chi connectivity index (χ0) is 21.7. The first-order valence-electron chi connectivity index (χ1n) is 10.1. The SMILES string of the molecule is CC.COc1cc2c(cc1C)nc1c(=O)[nH]c(=O)nc-1n2CCCc1ccccc1. The summed E-state index contributed by atoms with van der Waals surface area (Å²) in [7, 11) is 1.61. The Hall–Kier alpha value is -3.48. The molecule has 0 radical (unpaired) electrons. The summed E-state index contributed by atoms with van der Waals surface area (Å²) >= 11 is 0. The molecule has 1 N–H and O–H groups in total. The summed E-state index contributed by atoms with van der Waals surface area (Å²) in [6.45, 7) is 6.51. The highest BCUT2D eigenvalue weighted by Gasteiger charge is 2.19. The van der Waals surface area contributed by atoms with Crippen molar-refractivity contribution in [3.63, 3.8) is 0 Å². The maximum Gasteiger partial charge on any atom is 0.349 e. The fourth-order valence-electron chi connectivity index (χ4n) is 3.46. The van der Waals surface area contributed by atoms with Gasteiger partial charge in [0.25, 0.3) is 5.56 Å². The molecule has 0 saturated carbocycles. The van der Waals surface area contributed by atoms with E-state index in [1.807, 2.05) is 55.7 Å². The van der Waals surface area contributed by atoms with Crippen molar-refractivity contribution in [1.29, 1.82) is 0 Å². The molecule has 0 saturated heterocycles.